The smallest absolute Gasteiger partial charge is 0.240 e. The second-order valence-electron chi connectivity index (χ2n) is 7.25. The number of rotatable bonds is 6. The SMILES string of the molecule is CC(C(=O)N(C)C1(C#N)CCCCC1)N(C)CC(=O)Nc1ccc(F)cc1. The number of hydrogen-bond donors (Lipinski definition) is 1. The standard InChI is InChI=1S/C20H27FN4O2/c1-15(19(27)25(3)20(14-22)11-5-4-6-12-20)24(2)13-18(26)23-17-9-7-16(21)8-10-17/h7-10,15H,4-6,11-13H2,1-3H3,(H,23,26). The number of nitriles is 1. The van der Waals surface area contributed by atoms with Crippen LogP contribution in [0.1, 0.15) is 39.0 Å². The highest BCUT2D eigenvalue weighted by molar-refractivity contribution is 5.92. The van der Waals surface area contributed by atoms with E-state index in [-0.39, 0.29) is 24.2 Å². The monoisotopic (exact) mass is 374 g/mol. The van der Waals surface area contributed by atoms with Crippen LogP contribution in [0.15, 0.2) is 24.3 Å². The molecule has 146 valence electrons. The van der Waals surface area contributed by atoms with E-state index < -0.39 is 11.6 Å². The van der Waals surface area contributed by atoms with E-state index in [0.29, 0.717) is 18.5 Å². The Morgan fingerprint density at radius 2 is 1.81 bits per heavy atom. The van der Waals surface area contributed by atoms with Gasteiger partial charge in [0.25, 0.3) is 0 Å². The maximum Gasteiger partial charge on any atom is 0.240 e. The first-order valence-corrected chi connectivity index (χ1v) is 9.23. The van der Waals surface area contributed by atoms with Crippen molar-refractivity contribution in [2.24, 2.45) is 0 Å². The number of amides is 2. The Bertz CT molecular complexity index is 708. The van der Waals surface area contributed by atoms with Crippen molar-refractivity contribution in [3.05, 3.63) is 30.1 Å². The molecule has 1 N–H and O–H groups in total. The lowest BCUT2D eigenvalue weighted by atomic mass is 9.81. The molecule has 1 aliphatic carbocycles. The number of nitrogens with one attached hydrogen (secondary N) is 1. The van der Waals surface area contributed by atoms with Crippen LogP contribution in [0.4, 0.5) is 10.1 Å². The van der Waals surface area contributed by atoms with Crippen LogP contribution in [0.25, 0.3) is 0 Å². The molecule has 0 saturated heterocycles. The lowest BCUT2D eigenvalue weighted by Gasteiger charge is -2.41. The summed E-state index contributed by atoms with van der Waals surface area (Å²) in [6.45, 7) is 1.75. The fourth-order valence-corrected chi connectivity index (χ4v) is 3.44. The third kappa shape index (κ3) is 5.04. The Morgan fingerprint density at radius 3 is 2.37 bits per heavy atom. The molecular weight excluding hydrogens is 347 g/mol. The van der Waals surface area contributed by atoms with Crippen LogP contribution in [0.3, 0.4) is 0 Å². The number of anilines is 1. The van der Waals surface area contributed by atoms with Crippen LogP contribution in [0.2, 0.25) is 0 Å². The van der Waals surface area contributed by atoms with E-state index in [9.17, 15) is 19.2 Å². The molecule has 1 atom stereocenters. The highest BCUT2D eigenvalue weighted by Gasteiger charge is 2.40. The van der Waals surface area contributed by atoms with Gasteiger partial charge < -0.3 is 10.2 Å². The fourth-order valence-electron chi connectivity index (χ4n) is 3.44. The van der Waals surface area contributed by atoms with Crippen molar-refractivity contribution >= 4 is 17.5 Å². The first-order chi connectivity index (χ1) is 12.8. The van der Waals surface area contributed by atoms with E-state index in [1.54, 1.807) is 30.8 Å². The van der Waals surface area contributed by atoms with Crippen molar-refractivity contribution in [3.63, 3.8) is 0 Å². The maximum absolute atomic E-state index is 12.9. The fraction of sp³-hybridized carbons (Fsp3) is 0.550. The van der Waals surface area contributed by atoms with Crippen molar-refractivity contribution in [1.29, 1.82) is 5.26 Å². The van der Waals surface area contributed by atoms with Crippen LogP contribution >= 0.6 is 0 Å². The first-order valence-electron chi connectivity index (χ1n) is 9.23. The van der Waals surface area contributed by atoms with Crippen molar-refractivity contribution in [2.75, 3.05) is 26.0 Å². The van der Waals surface area contributed by atoms with Gasteiger partial charge in [-0.25, -0.2) is 4.39 Å². The molecule has 1 aromatic rings. The topological polar surface area (TPSA) is 76.4 Å². The lowest BCUT2D eigenvalue weighted by molar-refractivity contribution is -0.140. The zero-order valence-corrected chi connectivity index (χ0v) is 16.2. The minimum absolute atomic E-state index is 0.0116. The van der Waals surface area contributed by atoms with Crippen LogP contribution in [0, 0.1) is 17.1 Å². The van der Waals surface area contributed by atoms with Crippen LogP contribution in [-0.2, 0) is 9.59 Å². The van der Waals surface area contributed by atoms with Gasteiger partial charge in [0.15, 0.2) is 0 Å². The summed E-state index contributed by atoms with van der Waals surface area (Å²) in [6.07, 6.45) is 4.34. The first kappa shape index (κ1) is 20.8. The summed E-state index contributed by atoms with van der Waals surface area (Å²) in [5, 5.41) is 12.3. The third-order valence-corrected chi connectivity index (χ3v) is 5.40. The predicted molar refractivity (Wildman–Crippen MR) is 101 cm³/mol. The molecule has 0 radical (unpaired) electrons. The van der Waals surface area contributed by atoms with Crippen molar-refractivity contribution in [1.82, 2.24) is 9.80 Å². The molecular formula is C20H27FN4O2. The number of hydrogen-bond acceptors (Lipinski definition) is 4. The second-order valence-corrected chi connectivity index (χ2v) is 7.25. The average Bonchev–Trinajstić information content (AvgIpc) is 2.68. The van der Waals surface area contributed by atoms with E-state index in [0.717, 1.165) is 19.3 Å². The largest absolute Gasteiger partial charge is 0.326 e. The van der Waals surface area contributed by atoms with Gasteiger partial charge in [-0.1, -0.05) is 19.3 Å². The Labute approximate surface area is 159 Å². The highest BCUT2D eigenvalue weighted by Crippen LogP contribution is 2.33. The molecule has 2 rings (SSSR count). The van der Waals surface area contributed by atoms with Gasteiger partial charge in [0.05, 0.1) is 18.7 Å². The van der Waals surface area contributed by atoms with Crippen LogP contribution < -0.4 is 5.32 Å². The Balaban J connectivity index is 1.95. The molecule has 1 aromatic carbocycles. The molecule has 0 aliphatic heterocycles. The van der Waals surface area contributed by atoms with Crippen LogP contribution in [-0.4, -0.2) is 53.8 Å². The number of nitrogens with zero attached hydrogens (tertiary/aromatic N) is 3. The minimum Gasteiger partial charge on any atom is -0.326 e. The summed E-state index contributed by atoms with van der Waals surface area (Å²) in [5.41, 5.74) is -0.252. The molecule has 2 amide bonds. The van der Waals surface area contributed by atoms with Gasteiger partial charge in [-0.05, 0) is 51.1 Å². The van der Waals surface area contributed by atoms with E-state index in [1.807, 2.05) is 0 Å². The molecule has 1 unspecified atom stereocenters. The number of carbonyl (C=O) groups excluding carboxylic acids is 2. The second kappa shape index (κ2) is 8.96. The predicted octanol–water partition coefficient (Wildman–Crippen LogP) is 2.77. The van der Waals surface area contributed by atoms with Gasteiger partial charge >= 0.3 is 0 Å². The molecule has 0 bridgehead atoms. The van der Waals surface area contributed by atoms with Gasteiger partial charge in [0, 0.05) is 12.7 Å². The van der Waals surface area contributed by atoms with Crippen molar-refractivity contribution in [2.45, 2.75) is 50.6 Å². The molecule has 1 aliphatic rings. The molecule has 7 heteroatoms. The van der Waals surface area contributed by atoms with Gasteiger partial charge in [0.1, 0.15) is 11.4 Å². The van der Waals surface area contributed by atoms with Gasteiger partial charge in [-0.3, -0.25) is 14.5 Å². The minimum atomic E-state index is -0.749. The summed E-state index contributed by atoms with van der Waals surface area (Å²) < 4.78 is 12.9. The molecule has 0 spiro atoms. The van der Waals surface area contributed by atoms with E-state index in [4.69, 9.17) is 0 Å². The molecule has 0 aromatic heterocycles. The van der Waals surface area contributed by atoms with Gasteiger partial charge in [0.2, 0.25) is 11.8 Å². The number of halogens is 1. The average molecular weight is 374 g/mol. The van der Waals surface area contributed by atoms with E-state index in [2.05, 4.69) is 11.4 Å². The lowest BCUT2D eigenvalue weighted by Crippen LogP contribution is -2.55. The third-order valence-electron chi connectivity index (χ3n) is 5.40. The number of likely N-dealkylation sites (N-methyl/N-ethyl adjacent to an activating group) is 2. The summed E-state index contributed by atoms with van der Waals surface area (Å²) in [7, 11) is 3.38. The molecule has 1 fully saturated rings. The van der Waals surface area contributed by atoms with Crippen molar-refractivity contribution in [3.8, 4) is 6.07 Å². The molecule has 0 heterocycles. The Kier molecular flexibility index (Phi) is 6.92. The zero-order chi connectivity index (χ0) is 20.0. The van der Waals surface area contributed by atoms with E-state index >= 15 is 0 Å². The Hall–Kier alpha value is -2.46. The quantitative estimate of drug-likeness (QED) is 0.831. The van der Waals surface area contributed by atoms with Gasteiger partial charge in [-0.2, -0.15) is 5.26 Å². The normalized spacial score (nSPS) is 17.0. The summed E-state index contributed by atoms with van der Waals surface area (Å²) in [4.78, 5) is 28.3. The number of carbonyl (C=O) groups is 2. The maximum atomic E-state index is 12.9. The van der Waals surface area contributed by atoms with Crippen LogP contribution in [0.5, 0.6) is 0 Å². The van der Waals surface area contributed by atoms with Crippen molar-refractivity contribution < 1.29 is 14.0 Å². The zero-order valence-electron chi connectivity index (χ0n) is 16.2. The number of benzene rings is 1. The van der Waals surface area contributed by atoms with E-state index in [1.165, 1.54) is 24.3 Å². The molecule has 1 saturated carbocycles. The summed E-state index contributed by atoms with van der Waals surface area (Å²) in [6, 6.07) is 7.31. The summed E-state index contributed by atoms with van der Waals surface area (Å²) >= 11 is 0. The Morgan fingerprint density at radius 1 is 1.22 bits per heavy atom. The summed E-state index contributed by atoms with van der Waals surface area (Å²) in [5.74, 6) is -0.837. The highest BCUT2D eigenvalue weighted by atomic mass is 19.1. The van der Waals surface area contributed by atoms with Gasteiger partial charge in [-0.15, -0.1) is 0 Å². The molecule has 27 heavy (non-hydrogen) atoms. The molecule has 6 nitrogen and oxygen atoms in total.